The number of thiophene rings is 1. The van der Waals surface area contributed by atoms with Crippen LogP contribution in [0.15, 0.2) is 63.0 Å². The molecule has 0 bridgehead atoms. The Labute approximate surface area is 154 Å². The molecular weight excluding hydrogens is 352 g/mol. The van der Waals surface area contributed by atoms with E-state index in [9.17, 15) is 5.11 Å². The zero-order valence-corrected chi connectivity index (χ0v) is 14.7. The third-order valence-electron chi connectivity index (χ3n) is 3.91. The Morgan fingerprint density at radius 2 is 2.08 bits per heavy atom. The molecule has 6 nitrogen and oxygen atoms in total. The Kier molecular flexibility index (Phi) is 5.01. The van der Waals surface area contributed by atoms with Crippen LogP contribution in [-0.4, -0.2) is 29.5 Å². The normalized spacial score (nSPS) is 12.5. The molecule has 4 rings (SSSR count). The lowest BCUT2D eigenvalue weighted by Gasteiger charge is -2.13. The molecule has 0 aliphatic carbocycles. The third kappa shape index (κ3) is 3.80. The summed E-state index contributed by atoms with van der Waals surface area (Å²) >= 11 is 1.61. The van der Waals surface area contributed by atoms with Gasteiger partial charge in [0.05, 0.1) is 12.8 Å². The van der Waals surface area contributed by atoms with E-state index in [4.69, 9.17) is 13.7 Å². The minimum atomic E-state index is -0.606. The number of aliphatic hydroxyl groups excluding tert-OH is 1. The number of rotatable bonds is 8. The molecule has 0 aliphatic rings. The molecule has 26 heavy (non-hydrogen) atoms. The highest BCUT2D eigenvalue weighted by Crippen LogP contribution is 2.32. The maximum Gasteiger partial charge on any atom is 0.178 e. The van der Waals surface area contributed by atoms with Crippen LogP contribution in [0.3, 0.4) is 0 Å². The summed E-state index contributed by atoms with van der Waals surface area (Å²) in [5.41, 5.74) is 2.61. The Bertz CT molecular complexity index is 944. The van der Waals surface area contributed by atoms with Crippen LogP contribution in [0, 0.1) is 0 Å². The topological polar surface area (TPSA) is 80.7 Å². The minimum absolute atomic E-state index is 0.212. The molecule has 0 spiro atoms. The predicted octanol–water partition coefficient (Wildman–Crippen LogP) is 3.68. The van der Waals surface area contributed by atoms with E-state index in [1.54, 1.807) is 17.6 Å². The smallest absolute Gasteiger partial charge is 0.178 e. The van der Waals surface area contributed by atoms with Crippen LogP contribution >= 0.6 is 11.3 Å². The van der Waals surface area contributed by atoms with Gasteiger partial charge >= 0.3 is 0 Å². The molecule has 0 fully saturated rings. The molecule has 0 saturated heterocycles. The molecule has 4 aromatic rings. The summed E-state index contributed by atoms with van der Waals surface area (Å²) < 4.78 is 17.2. The van der Waals surface area contributed by atoms with Crippen LogP contribution in [0.4, 0.5) is 0 Å². The second-order valence-electron chi connectivity index (χ2n) is 5.84. The Morgan fingerprint density at radius 1 is 1.19 bits per heavy atom. The zero-order chi connectivity index (χ0) is 17.8. The van der Waals surface area contributed by atoms with Crippen molar-refractivity contribution < 1.29 is 18.8 Å². The molecule has 134 valence electrons. The SMILES string of the molecule is O[C@H](CNCc1ccco1)COc1ccc(-c2noc3ccsc23)cc1. The average molecular weight is 370 g/mol. The molecule has 0 amide bonds. The lowest BCUT2D eigenvalue weighted by Crippen LogP contribution is -2.31. The first kappa shape index (κ1) is 16.8. The Hall–Kier alpha value is -2.61. The molecule has 3 aromatic heterocycles. The first-order valence-electron chi connectivity index (χ1n) is 8.27. The van der Waals surface area contributed by atoms with Gasteiger partial charge in [-0.1, -0.05) is 5.16 Å². The number of fused-ring (bicyclic) bond motifs is 1. The lowest BCUT2D eigenvalue weighted by molar-refractivity contribution is 0.106. The summed E-state index contributed by atoms with van der Waals surface area (Å²) in [7, 11) is 0. The van der Waals surface area contributed by atoms with Crippen molar-refractivity contribution in [2.75, 3.05) is 13.2 Å². The van der Waals surface area contributed by atoms with Crippen molar-refractivity contribution in [3.8, 4) is 17.0 Å². The molecule has 1 aromatic carbocycles. The van der Waals surface area contributed by atoms with Crippen LogP contribution in [0.2, 0.25) is 0 Å². The van der Waals surface area contributed by atoms with E-state index in [2.05, 4.69) is 10.5 Å². The monoisotopic (exact) mass is 370 g/mol. The number of nitrogens with one attached hydrogen (secondary N) is 1. The van der Waals surface area contributed by atoms with Crippen molar-refractivity contribution in [2.24, 2.45) is 0 Å². The van der Waals surface area contributed by atoms with Crippen LogP contribution in [0.25, 0.3) is 21.5 Å². The number of hydrogen-bond acceptors (Lipinski definition) is 7. The van der Waals surface area contributed by atoms with Crippen molar-refractivity contribution >= 4 is 21.6 Å². The summed E-state index contributed by atoms with van der Waals surface area (Å²) in [4.78, 5) is 0. The number of ether oxygens (including phenoxy) is 1. The van der Waals surface area contributed by atoms with E-state index < -0.39 is 6.10 Å². The molecule has 0 radical (unpaired) electrons. The standard InChI is InChI=1S/C19H18N2O4S/c22-14(10-20-11-16-2-1-8-23-16)12-24-15-5-3-13(4-6-15)18-19-17(25-21-18)7-9-26-19/h1-9,14,20,22H,10-12H2/t14-/m1/s1. The second-order valence-corrected chi connectivity index (χ2v) is 6.76. The fourth-order valence-corrected chi connectivity index (χ4v) is 3.41. The first-order valence-corrected chi connectivity index (χ1v) is 9.15. The number of aromatic nitrogens is 1. The van der Waals surface area contributed by atoms with E-state index in [-0.39, 0.29) is 6.61 Å². The van der Waals surface area contributed by atoms with Gasteiger partial charge in [0.2, 0.25) is 0 Å². The third-order valence-corrected chi connectivity index (χ3v) is 4.81. The summed E-state index contributed by atoms with van der Waals surface area (Å²) in [6, 6.07) is 13.2. The summed E-state index contributed by atoms with van der Waals surface area (Å²) in [5, 5.41) is 19.2. The molecular formula is C19H18N2O4S. The number of benzene rings is 1. The van der Waals surface area contributed by atoms with Gasteiger partial charge in [-0.05, 0) is 47.8 Å². The summed E-state index contributed by atoms with van der Waals surface area (Å²) in [5.74, 6) is 1.53. The van der Waals surface area contributed by atoms with Gasteiger partial charge in [-0.15, -0.1) is 11.3 Å². The Balaban J connectivity index is 1.28. The highest BCUT2D eigenvalue weighted by atomic mass is 32.1. The fraction of sp³-hybridized carbons (Fsp3) is 0.211. The van der Waals surface area contributed by atoms with E-state index >= 15 is 0 Å². The lowest BCUT2D eigenvalue weighted by atomic mass is 10.1. The van der Waals surface area contributed by atoms with Crippen LogP contribution < -0.4 is 10.1 Å². The first-order chi connectivity index (χ1) is 12.8. The predicted molar refractivity (Wildman–Crippen MR) is 99.2 cm³/mol. The van der Waals surface area contributed by atoms with E-state index in [0.29, 0.717) is 18.8 Å². The van der Waals surface area contributed by atoms with Crippen LogP contribution in [0.5, 0.6) is 5.75 Å². The largest absolute Gasteiger partial charge is 0.491 e. The van der Waals surface area contributed by atoms with Gasteiger partial charge in [-0.3, -0.25) is 0 Å². The van der Waals surface area contributed by atoms with Gasteiger partial charge in [0.15, 0.2) is 5.58 Å². The molecule has 0 saturated carbocycles. The van der Waals surface area contributed by atoms with Crippen LogP contribution in [0.1, 0.15) is 5.76 Å². The van der Waals surface area contributed by atoms with Gasteiger partial charge in [0.25, 0.3) is 0 Å². The molecule has 1 atom stereocenters. The molecule has 0 unspecified atom stereocenters. The number of furan rings is 1. The van der Waals surface area contributed by atoms with E-state index in [0.717, 1.165) is 27.3 Å². The maximum atomic E-state index is 10.00. The molecule has 2 N–H and O–H groups in total. The molecule has 0 aliphatic heterocycles. The van der Waals surface area contributed by atoms with E-state index in [1.165, 1.54) is 0 Å². The molecule has 7 heteroatoms. The average Bonchev–Trinajstić information content (AvgIpc) is 3.39. The minimum Gasteiger partial charge on any atom is -0.491 e. The maximum absolute atomic E-state index is 10.00. The van der Waals surface area contributed by atoms with Gasteiger partial charge in [0.1, 0.15) is 34.6 Å². The van der Waals surface area contributed by atoms with Gasteiger partial charge in [0, 0.05) is 12.1 Å². The van der Waals surface area contributed by atoms with Crippen molar-refractivity contribution in [3.05, 3.63) is 59.9 Å². The highest BCUT2D eigenvalue weighted by Gasteiger charge is 2.12. The van der Waals surface area contributed by atoms with Gasteiger partial charge in [-0.2, -0.15) is 0 Å². The molecule has 3 heterocycles. The number of nitrogens with zero attached hydrogens (tertiary/aromatic N) is 1. The summed E-state index contributed by atoms with van der Waals surface area (Å²) in [6.45, 7) is 1.21. The fourth-order valence-electron chi connectivity index (χ4n) is 2.60. The van der Waals surface area contributed by atoms with Crippen molar-refractivity contribution in [3.63, 3.8) is 0 Å². The van der Waals surface area contributed by atoms with E-state index in [1.807, 2.05) is 47.8 Å². The van der Waals surface area contributed by atoms with Crippen LogP contribution in [-0.2, 0) is 6.54 Å². The second kappa shape index (κ2) is 7.74. The highest BCUT2D eigenvalue weighted by molar-refractivity contribution is 7.17. The quantitative estimate of drug-likeness (QED) is 0.492. The van der Waals surface area contributed by atoms with Crippen molar-refractivity contribution in [1.29, 1.82) is 0 Å². The number of aliphatic hydroxyl groups is 1. The summed E-state index contributed by atoms with van der Waals surface area (Å²) in [6.07, 6.45) is 1.02. The van der Waals surface area contributed by atoms with Crippen molar-refractivity contribution in [1.82, 2.24) is 10.5 Å². The number of hydrogen-bond donors (Lipinski definition) is 2. The van der Waals surface area contributed by atoms with Gasteiger partial charge in [-0.25, -0.2) is 0 Å². The van der Waals surface area contributed by atoms with Gasteiger partial charge < -0.3 is 24.1 Å². The van der Waals surface area contributed by atoms with Crippen molar-refractivity contribution in [2.45, 2.75) is 12.6 Å². The Morgan fingerprint density at radius 3 is 2.88 bits per heavy atom. The zero-order valence-electron chi connectivity index (χ0n) is 13.9.